The average molecular weight is 1060 g/mol. The topological polar surface area (TPSA) is 410 Å². The number of amides is 6. The van der Waals surface area contributed by atoms with E-state index in [0.717, 1.165) is 16.5 Å². The molecular weight excluding hydrogens is 988 g/mol. The number of hydrogen-bond donors (Lipinski definition) is 12. The van der Waals surface area contributed by atoms with Crippen LogP contribution in [-0.4, -0.2) is 120 Å². The Morgan fingerprint density at radius 3 is 2.12 bits per heavy atom. The molecule has 4 rings (SSSR count). The predicted octanol–water partition coefficient (Wildman–Crippen LogP) is 0.0658. The summed E-state index contributed by atoms with van der Waals surface area (Å²) in [5.41, 5.74) is 35.9. The molecule has 1 aromatic heterocycles. The van der Waals surface area contributed by atoms with Gasteiger partial charge in [-0.15, -0.1) is 0 Å². The van der Waals surface area contributed by atoms with Crippen molar-refractivity contribution in [1.29, 1.82) is 0 Å². The molecule has 6 amide bonds. The molecule has 24 heteroatoms. The van der Waals surface area contributed by atoms with E-state index < -0.39 is 95.5 Å². The number of aromatic amines is 1. The zero-order valence-corrected chi connectivity index (χ0v) is 43.1. The second kappa shape index (κ2) is 30.7. The maximum atomic E-state index is 14.8. The molecule has 1 fully saturated rings. The number of nitrogens with zero attached hydrogens (tertiary/aromatic N) is 2. The van der Waals surface area contributed by atoms with Crippen molar-refractivity contribution in [1.82, 2.24) is 31.6 Å². The van der Waals surface area contributed by atoms with Crippen molar-refractivity contribution in [3.8, 4) is 0 Å². The molecule has 0 bridgehead atoms. The highest BCUT2D eigenvalue weighted by Gasteiger charge is 2.35. The van der Waals surface area contributed by atoms with Crippen LogP contribution in [0.1, 0.15) is 102 Å². The van der Waals surface area contributed by atoms with E-state index in [1.165, 1.54) is 6.92 Å². The van der Waals surface area contributed by atoms with Crippen LogP contribution < -0.4 is 61.0 Å². The third-order valence-electron chi connectivity index (χ3n) is 12.8. The van der Waals surface area contributed by atoms with Crippen molar-refractivity contribution < 1.29 is 43.2 Å². The Labute approximate surface area is 440 Å². The number of ketones is 3. The molecule has 23 nitrogen and oxygen atoms in total. The average Bonchev–Trinajstić information content (AvgIpc) is 3.76. The lowest BCUT2D eigenvalue weighted by Gasteiger charge is -2.27. The maximum absolute atomic E-state index is 14.8. The number of nitrogens with one attached hydrogen (secondary N) is 6. The number of H-pyrrole nitrogens is 1. The van der Waals surface area contributed by atoms with Crippen LogP contribution in [0.15, 0.2) is 64.7 Å². The van der Waals surface area contributed by atoms with E-state index in [2.05, 4.69) is 41.6 Å². The van der Waals surface area contributed by atoms with Crippen LogP contribution >= 0.6 is 11.6 Å². The van der Waals surface area contributed by atoms with Crippen molar-refractivity contribution in [2.45, 2.75) is 133 Å². The highest BCUT2D eigenvalue weighted by Crippen LogP contribution is 2.27. The first-order valence-corrected chi connectivity index (χ1v) is 25.6. The van der Waals surface area contributed by atoms with Gasteiger partial charge in [-0.25, -0.2) is 0 Å². The van der Waals surface area contributed by atoms with Crippen molar-refractivity contribution in [3.05, 3.63) is 70.9 Å². The lowest BCUT2D eigenvalue weighted by atomic mass is 9.83. The molecule has 0 unspecified atom stereocenters. The number of primary amides is 1. The van der Waals surface area contributed by atoms with Gasteiger partial charge in [-0.1, -0.05) is 48.4 Å². The predicted molar refractivity (Wildman–Crippen MR) is 284 cm³/mol. The fraction of sp³-hybridized carbons (Fsp3) is 0.510. The van der Waals surface area contributed by atoms with Gasteiger partial charge in [0.1, 0.15) is 35.7 Å². The number of Topliss-reactive ketones (excluding diaryl/α,β-unsaturated/α-hetero) is 3. The van der Waals surface area contributed by atoms with Gasteiger partial charge in [0.25, 0.3) is 0 Å². The molecule has 75 heavy (non-hydrogen) atoms. The summed E-state index contributed by atoms with van der Waals surface area (Å²) in [7, 11) is 0. The van der Waals surface area contributed by atoms with E-state index in [1.54, 1.807) is 30.5 Å². The van der Waals surface area contributed by atoms with E-state index in [-0.39, 0.29) is 127 Å². The standard InChI is InChI=1S/C51H73ClN14O9/c1-29(67)62-39(16-8-22-60-51(57)58)47(73)64-40-18-17-35(68)12-2-4-15-38(45(54)71)63-46(72)32(25-33-28-61-37-14-5-3-13-36(33)37)27-43(69)31(10-7-21-59-50(55)56)26-44(70)42(24-30-9-6-11-34(52)23-30)66-49(75)41(19-20-53)65-48(40)74/h3,5-6,9,11,13-14,23,28,31-32,38-42,61H,2,4,7-8,10,12,15-22,24-27,53H2,1H3,(H2,54,71)(H,62,67)(H,63,72)(H,64,73)(H,65,74)(H,66,75)(H4,55,56,59)(H4,57,58,60)/t31-,32-,38+,39+,40+,41+,42-/m1/s1. The van der Waals surface area contributed by atoms with E-state index in [1.807, 2.05) is 24.3 Å². The number of para-hydroxylation sites is 1. The number of fused-ring (bicyclic) bond motifs is 1. The molecule has 408 valence electrons. The first-order valence-electron chi connectivity index (χ1n) is 25.2. The second-order valence-electron chi connectivity index (χ2n) is 18.8. The number of rotatable bonds is 18. The molecule has 18 N–H and O–H groups in total. The van der Waals surface area contributed by atoms with Crippen LogP contribution in [0.2, 0.25) is 5.02 Å². The Bertz CT molecular complexity index is 2540. The Morgan fingerprint density at radius 2 is 1.44 bits per heavy atom. The molecular formula is C51H73ClN14O9. The number of aromatic nitrogens is 1. The molecule has 2 aromatic carbocycles. The Balaban J connectivity index is 1.77. The molecule has 0 saturated carbocycles. The molecule has 1 aliphatic rings. The van der Waals surface area contributed by atoms with Gasteiger partial charge >= 0.3 is 0 Å². The third-order valence-corrected chi connectivity index (χ3v) is 13.1. The minimum Gasteiger partial charge on any atom is -0.370 e. The highest BCUT2D eigenvalue weighted by atomic mass is 35.5. The van der Waals surface area contributed by atoms with Crippen LogP contribution in [0, 0.1) is 11.8 Å². The van der Waals surface area contributed by atoms with Gasteiger partial charge < -0.3 is 66.0 Å². The lowest BCUT2D eigenvalue weighted by Crippen LogP contribution is -2.58. The van der Waals surface area contributed by atoms with Crippen LogP contribution in [0.25, 0.3) is 10.9 Å². The van der Waals surface area contributed by atoms with Crippen LogP contribution in [0.4, 0.5) is 0 Å². The van der Waals surface area contributed by atoms with Crippen molar-refractivity contribution in [3.63, 3.8) is 0 Å². The highest BCUT2D eigenvalue weighted by molar-refractivity contribution is 6.30. The Hall–Kier alpha value is -7.40. The van der Waals surface area contributed by atoms with Gasteiger partial charge in [-0.2, -0.15) is 0 Å². The molecule has 0 radical (unpaired) electrons. The minimum atomic E-state index is -1.42. The summed E-state index contributed by atoms with van der Waals surface area (Å²) in [6.07, 6.45) is 1.59. The summed E-state index contributed by atoms with van der Waals surface area (Å²) >= 11 is 6.35. The largest absolute Gasteiger partial charge is 0.370 e. The van der Waals surface area contributed by atoms with Crippen LogP contribution in [0.5, 0.6) is 0 Å². The van der Waals surface area contributed by atoms with Gasteiger partial charge in [0, 0.05) is 79.7 Å². The van der Waals surface area contributed by atoms with Crippen molar-refractivity contribution in [2.75, 3.05) is 19.6 Å². The number of guanidine groups is 2. The SMILES string of the molecule is CC(=O)N[C@@H](CCCN=C(N)N)C(=O)N[C@H]1CCC(=O)CCCC[C@@H](C(N)=O)NC(=O)[C@H](Cc2c[nH]c3ccccc23)CC(=O)[C@H](CCCN=C(N)N)CC(=O)[C@@H](Cc2cccc(Cl)c2)NC(=O)[C@H](CCN)NC1=O. The number of carbonyl (C=O) groups excluding carboxylic acids is 9. The van der Waals surface area contributed by atoms with Crippen molar-refractivity contribution >= 4 is 87.2 Å². The molecule has 7 atom stereocenters. The Kier molecular flexibility index (Phi) is 24.6. The minimum absolute atomic E-state index is 0.0104. The van der Waals surface area contributed by atoms with Gasteiger partial charge in [0.05, 0.1) is 6.04 Å². The zero-order valence-electron chi connectivity index (χ0n) is 42.4. The fourth-order valence-electron chi connectivity index (χ4n) is 8.90. The first-order chi connectivity index (χ1) is 35.7. The second-order valence-corrected chi connectivity index (χ2v) is 19.3. The third kappa shape index (κ3) is 20.8. The number of carbonyl (C=O) groups is 9. The summed E-state index contributed by atoms with van der Waals surface area (Å²) in [5.74, 6) is -8.20. The van der Waals surface area contributed by atoms with Crippen molar-refractivity contribution in [2.24, 2.45) is 56.2 Å². The van der Waals surface area contributed by atoms with E-state index >= 15 is 0 Å². The monoisotopic (exact) mass is 1060 g/mol. The Morgan fingerprint density at radius 1 is 0.747 bits per heavy atom. The number of hydrogen-bond acceptors (Lipinski definition) is 12. The quantitative estimate of drug-likeness (QED) is 0.0456. The summed E-state index contributed by atoms with van der Waals surface area (Å²) in [5, 5.41) is 14.5. The number of aliphatic imine (C=N–C) groups is 2. The number of halogens is 1. The fourth-order valence-corrected chi connectivity index (χ4v) is 9.11. The summed E-state index contributed by atoms with van der Waals surface area (Å²) < 4.78 is 0. The smallest absolute Gasteiger partial charge is 0.243 e. The van der Waals surface area contributed by atoms with Crippen LogP contribution in [0.3, 0.4) is 0 Å². The van der Waals surface area contributed by atoms with E-state index in [0.29, 0.717) is 10.6 Å². The van der Waals surface area contributed by atoms with E-state index in [9.17, 15) is 43.2 Å². The molecule has 2 heterocycles. The summed E-state index contributed by atoms with van der Waals surface area (Å²) in [6.45, 7) is 1.35. The number of nitrogens with two attached hydrogens (primary N) is 6. The molecule has 1 aliphatic heterocycles. The lowest BCUT2D eigenvalue weighted by molar-refractivity contribution is -0.135. The molecule has 1 saturated heterocycles. The molecule has 0 aliphatic carbocycles. The van der Waals surface area contributed by atoms with Gasteiger partial charge in [-0.05, 0) is 100 Å². The first kappa shape index (κ1) is 60.2. The van der Waals surface area contributed by atoms with Gasteiger partial charge in [-0.3, -0.25) is 53.1 Å². The normalized spacial score (nSPS) is 21.4. The number of benzene rings is 2. The van der Waals surface area contributed by atoms with Gasteiger partial charge in [0.2, 0.25) is 35.4 Å². The summed E-state index contributed by atoms with van der Waals surface area (Å²) in [4.78, 5) is 136. The molecule has 3 aromatic rings. The zero-order chi connectivity index (χ0) is 55.0. The van der Waals surface area contributed by atoms with E-state index in [4.69, 9.17) is 46.0 Å². The summed E-state index contributed by atoms with van der Waals surface area (Å²) in [6, 6.07) is 7.59. The molecule has 0 spiro atoms. The van der Waals surface area contributed by atoms with Gasteiger partial charge in [0.15, 0.2) is 17.7 Å². The van der Waals surface area contributed by atoms with Crippen LogP contribution in [-0.2, 0) is 56.0 Å². The maximum Gasteiger partial charge on any atom is 0.243 e.